The van der Waals surface area contributed by atoms with E-state index in [1.54, 1.807) is 0 Å². The van der Waals surface area contributed by atoms with Crippen LogP contribution in [-0.4, -0.2) is 66.8 Å². The summed E-state index contributed by atoms with van der Waals surface area (Å²) in [7, 11) is 1.91. The molecule has 1 fully saturated rings. The number of carboxylic acids is 1. The van der Waals surface area contributed by atoms with Crippen LogP contribution in [0.4, 0.5) is 0 Å². The van der Waals surface area contributed by atoms with Gasteiger partial charge in [0.05, 0.1) is 13.2 Å². The summed E-state index contributed by atoms with van der Waals surface area (Å²) in [6.07, 6.45) is 3.07. The third-order valence-corrected chi connectivity index (χ3v) is 5.19. The molecular weight excluding hydrogens is 364 g/mol. The number of aliphatic carboxylic acids is 1. The van der Waals surface area contributed by atoms with Crippen LogP contribution in [-0.2, 0) is 4.79 Å². The number of ether oxygens (including phenoxy) is 1. The van der Waals surface area contributed by atoms with Crippen LogP contribution in [0.1, 0.15) is 19.3 Å². The van der Waals surface area contributed by atoms with Crippen LogP contribution < -0.4 is 4.74 Å². The molecule has 6 heteroatoms. The van der Waals surface area contributed by atoms with Crippen molar-refractivity contribution >= 4 is 29.1 Å². The number of nitrogens with zero attached hydrogens (tertiary/aromatic N) is 2. The lowest BCUT2D eigenvalue weighted by atomic mass is 10.0. The summed E-state index contributed by atoms with van der Waals surface area (Å²) in [5.74, 6) is 0.206. The van der Waals surface area contributed by atoms with E-state index in [-0.39, 0.29) is 19.0 Å². The second kappa shape index (κ2) is 10.5. The second-order valence-corrected chi connectivity index (χ2v) is 7.06. The number of hydrogen-bond acceptors (Lipinski definition) is 4. The summed E-state index contributed by atoms with van der Waals surface area (Å²) in [5, 5.41) is 11.3. The molecule has 0 bridgehead atoms. The fourth-order valence-electron chi connectivity index (χ4n) is 3.72. The standard InChI is InChI=1S/C21H28N2O3.ClH/c1-22(16-21(24)25)18-10-13-23(14-11-18)12-5-15-26-20-9-4-7-17-6-2-3-8-19(17)20;/h2-4,6-9,18H,5,10-16H2,1H3,(H,24,25);1H. The largest absolute Gasteiger partial charge is 0.493 e. The van der Waals surface area contributed by atoms with E-state index in [0.717, 1.165) is 50.0 Å². The molecular formula is C21H29ClN2O3. The van der Waals surface area contributed by atoms with E-state index in [4.69, 9.17) is 9.84 Å². The Labute approximate surface area is 167 Å². The molecule has 148 valence electrons. The molecule has 1 saturated heterocycles. The quantitative estimate of drug-likeness (QED) is 0.697. The van der Waals surface area contributed by atoms with Gasteiger partial charge in [0, 0.05) is 18.0 Å². The fraction of sp³-hybridized carbons (Fsp3) is 0.476. The van der Waals surface area contributed by atoms with Crippen LogP contribution in [0.25, 0.3) is 10.8 Å². The maximum atomic E-state index is 10.8. The van der Waals surface area contributed by atoms with Crippen LogP contribution in [0.2, 0.25) is 0 Å². The minimum Gasteiger partial charge on any atom is -0.493 e. The molecule has 2 aromatic carbocycles. The third kappa shape index (κ3) is 6.09. The van der Waals surface area contributed by atoms with Crippen LogP contribution in [0.5, 0.6) is 5.75 Å². The van der Waals surface area contributed by atoms with Gasteiger partial charge in [0.25, 0.3) is 0 Å². The molecule has 5 nitrogen and oxygen atoms in total. The Bertz CT molecular complexity index is 727. The number of carbonyl (C=O) groups is 1. The molecule has 0 saturated carbocycles. The van der Waals surface area contributed by atoms with E-state index in [2.05, 4.69) is 23.1 Å². The number of likely N-dealkylation sites (N-methyl/N-ethyl adjacent to an activating group) is 1. The van der Waals surface area contributed by atoms with Crippen LogP contribution in [0.3, 0.4) is 0 Å². The van der Waals surface area contributed by atoms with Crippen molar-refractivity contribution in [3.8, 4) is 5.75 Å². The van der Waals surface area contributed by atoms with Crippen LogP contribution >= 0.6 is 12.4 Å². The Kier molecular flexibility index (Phi) is 8.35. The van der Waals surface area contributed by atoms with Crippen molar-refractivity contribution in [2.24, 2.45) is 0 Å². The predicted molar refractivity (Wildman–Crippen MR) is 111 cm³/mol. The Morgan fingerprint density at radius 2 is 1.89 bits per heavy atom. The van der Waals surface area contributed by atoms with Gasteiger partial charge in [-0.1, -0.05) is 36.4 Å². The molecule has 0 spiro atoms. The van der Waals surface area contributed by atoms with Gasteiger partial charge in [0.2, 0.25) is 0 Å². The van der Waals surface area contributed by atoms with E-state index in [9.17, 15) is 4.79 Å². The lowest BCUT2D eigenvalue weighted by molar-refractivity contribution is -0.138. The summed E-state index contributed by atoms with van der Waals surface area (Å²) in [4.78, 5) is 15.2. The van der Waals surface area contributed by atoms with E-state index < -0.39 is 5.97 Å². The Balaban J connectivity index is 0.00000261. The minimum absolute atomic E-state index is 0. The van der Waals surface area contributed by atoms with Gasteiger partial charge in [-0.2, -0.15) is 0 Å². The summed E-state index contributed by atoms with van der Waals surface area (Å²) in [6.45, 7) is 3.93. The molecule has 0 unspecified atom stereocenters. The van der Waals surface area contributed by atoms with E-state index >= 15 is 0 Å². The molecule has 3 rings (SSSR count). The molecule has 0 atom stereocenters. The first-order chi connectivity index (χ1) is 12.6. The molecule has 27 heavy (non-hydrogen) atoms. The van der Waals surface area contributed by atoms with Gasteiger partial charge in [-0.3, -0.25) is 9.69 Å². The normalized spacial score (nSPS) is 15.6. The SMILES string of the molecule is CN(CC(=O)O)C1CCN(CCCOc2cccc3ccccc23)CC1.Cl. The summed E-state index contributed by atoms with van der Waals surface area (Å²) >= 11 is 0. The Morgan fingerprint density at radius 3 is 2.63 bits per heavy atom. The maximum Gasteiger partial charge on any atom is 0.317 e. The Hall–Kier alpha value is -1.82. The summed E-state index contributed by atoms with van der Waals surface area (Å²) < 4.78 is 6.01. The first-order valence-corrected chi connectivity index (χ1v) is 9.38. The van der Waals surface area contributed by atoms with Gasteiger partial charge in [-0.05, 0) is 50.9 Å². The first-order valence-electron chi connectivity index (χ1n) is 9.38. The number of hydrogen-bond donors (Lipinski definition) is 1. The van der Waals surface area contributed by atoms with Gasteiger partial charge in [0.15, 0.2) is 0 Å². The van der Waals surface area contributed by atoms with Crippen molar-refractivity contribution in [3.05, 3.63) is 42.5 Å². The predicted octanol–water partition coefficient (Wildman–Crippen LogP) is 3.51. The van der Waals surface area contributed by atoms with Gasteiger partial charge in [-0.25, -0.2) is 0 Å². The second-order valence-electron chi connectivity index (χ2n) is 7.06. The Morgan fingerprint density at radius 1 is 1.19 bits per heavy atom. The van der Waals surface area contributed by atoms with Gasteiger partial charge >= 0.3 is 5.97 Å². The minimum atomic E-state index is -0.750. The maximum absolute atomic E-state index is 10.8. The van der Waals surface area contributed by atoms with Gasteiger partial charge in [-0.15, -0.1) is 12.4 Å². The molecule has 1 heterocycles. The monoisotopic (exact) mass is 392 g/mol. The third-order valence-electron chi connectivity index (χ3n) is 5.19. The molecule has 1 N–H and O–H groups in total. The highest BCUT2D eigenvalue weighted by Crippen LogP contribution is 2.25. The average Bonchev–Trinajstić information content (AvgIpc) is 2.65. The number of benzene rings is 2. The van der Waals surface area contributed by atoms with E-state index in [0.29, 0.717) is 12.6 Å². The fourth-order valence-corrected chi connectivity index (χ4v) is 3.72. The van der Waals surface area contributed by atoms with Crippen LogP contribution in [0, 0.1) is 0 Å². The first kappa shape index (κ1) is 21.5. The zero-order chi connectivity index (χ0) is 18.4. The molecule has 2 aromatic rings. The molecule has 0 radical (unpaired) electrons. The van der Waals surface area contributed by atoms with Crippen molar-refractivity contribution in [1.29, 1.82) is 0 Å². The van der Waals surface area contributed by atoms with Crippen molar-refractivity contribution in [3.63, 3.8) is 0 Å². The zero-order valence-electron chi connectivity index (χ0n) is 15.8. The van der Waals surface area contributed by atoms with Gasteiger partial charge < -0.3 is 14.7 Å². The lowest BCUT2D eigenvalue weighted by Crippen LogP contribution is -2.45. The number of likely N-dealkylation sites (tertiary alicyclic amines) is 1. The van der Waals surface area contributed by atoms with Crippen molar-refractivity contribution in [2.45, 2.75) is 25.3 Å². The van der Waals surface area contributed by atoms with Crippen LogP contribution in [0.15, 0.2) is 42.5 Å². The highest BCUT2D eigenvalue weighted by Gasteiger charge is 2.23. The number of piperidine rings is 1. The number of fused-ring (bicyclic) bond motifs is 1. The number of rotatable bonds is 8. The molecule has 0 amide bonds. The van der Waals surface area contributed by atoms with Crippen molar-refractivity contribution in [1.82, 2.24) is 9.80 Å². The van der Waals surface area contributed by atoms with E-state index in [1.165, 1.54) is 5.39 Å². The van der Waals surface area contributed by atoms with E-state index in [1.807, 2.05) is 36.2 Å². The highest BCUT2D eigenvalue weighted by molar-refractivity contribution is 5.88. The molecule has 0 aromatic heterocycles. The average molecular weight is 393 g/mol. The number of halogens is 1. The van der Waals surface area contributed by atoms with Gasteiger partial charge in [0.1, 0.15) is 5.75 Å². The topological polar surface area (TPSA) is 53.0 Å². The smallest absolute Gasteiger partial charge is 0.317 e. The van der Waals surface area contributed by atoms with Crippen molar-refractivity contribution < 1.29 is 14.6 Å². The van der Waals surface area contributed by atoms with Crippen molar-refractivity contribution in [2.75, 3.05) is 39.8 Å². The highest BCUT2D eigenvalue weighted by atomic mass is 35.5. The lowest BCUT2D eigenvalue weighted by Gasteiger charge is -2.36. The molecule has 1 aliphatic heterocycles. The summed E-state index contributed by atoms with van der Waals surface area (Å²) in [5.41, 5.74) is 0. The molecule has 1 aliphatic rings. The number of carboxylic acid groups (broad SMARTS) is 1. The molecule has 0 aliphatic carbocycles. The zero-order valence-corrected chi connectivity index (χ0v) is 16.7. The summed E-state index contributed by atoms with van der Waals surface area (Å²) in [6, 6.07) is 14.9.